The molecule has 0 bridgehead atoms. The summed E-state index contributed by atoms with van der Waals surface area (Å²) < 4.78 is 19.0. The van der Waals surface area contributed by atoms with Crippen LogP contribution in [0.5, 0.6) is 17.2 Å². The van der Waals surface area contributed by atoms with Crippen molar-refractivity contribution in [1.29, 1.82) is 0 Å². The third-order valence-electron chi connectivity index (χ3n) is 5.13. The Hall–Kier alpha value is 1.04. The first-order chi connectivity index (χ1) is 16.2. The van der Waals surface area contributed by atoms with Crippen LogP contribution in [0.15, 0.2) is 24.3 Å². The highest BCUT2D eigenvalue weighted by Gasteiger charge is 2.42. The standard InChI is InChI=1S/C24H35I4NO4Si3/c1-34(2,3)29(35(4,5)6)21(24(30)31)12-15-10-17(25)22(18(26)11-15)32-16-13-19(27)23(20(28)14-16)33-36(7,8)9/h10-11,13-14,21H,12H2,1-9H3,(H,30,31)/t21-/m0/s1. The maximum atomic E-state index is 12.5. The zero-order chi connectivity index (χ0) is 27.8. The minimum Gasteiger partial charge on any atom is -0.543 e. The van der Waals surface area contributed by atoms with Gasteiger partial charge in [0.1, 0.15) is 34.0 Å². The highest BCUT2D eigenvalue weighted by molar-refractivity contribution is 14.1. The molecule has 0 heterocycles. The van der Waals surface area contributed by atoms with Crippen LogP contribution >= 0.6 is 90.4 Å². The summed E-state index contributed by atoms with van der Waals surface area (Å²) in [6.07, 6.45) is 0.481. The summed E-state index contributed by atoms with van der Waals surface area (Å²) in [4.78, 5) is 12.5. The zero-order valence-electron chi connectivity index (χ0n) is 22.2. The molecule has 0 radical (unpaired) electrons. The molecule has 0 unspecified atom stereocenters. The fourth-order valence-electron chi connectivity index (χ4n) is 4.40. The van der Waals surface area contributed by atoms with Crippen molar-refractivity contribution in [2.45, 2.75) is 71.4 Å². The van der Waals surface area contributed by atoms with E-state index in [2.05, 4.69) is 166 Å². The second-order valence-corrected chi connectivity index (χ2v) is 30.9. The number of ether oxygens (including phenoxy) is 1. The fourth-order valence-corrected chi connectivity index (χ4v) is 20.0. The van der Waals surface area contributed by atoms with Crippen LogP contribution in [0.25, 0.3) is 0 Å². The van der Waals surface area contributed by atoms with Crippen LogP contribution in [0.4, 0.5) is 0 Å². The van der Waals surface area contributed by atoms with E-state index >= 15 is 0 Å². The van der Waals surface area contributed by atoms with Gasteiger partial charge in [-0.3, -0.25) is 4.79 Å². The van der Waals surface area contributed by atoms with Crippen LogP contribution in [-0.2, 0) is 11.2 Å². The van der Waals surface area contributed by atoms with Crippen molar-refractivity contribution in [3.05, 3.63) is 44.1 Å². The van der Waals surface area contributed by atoms with E-state index in [0.29, 0.717) is 6.42 Å². The number of hydrogen-bond donors (Lipinski definition) is 1. The van der Waals surface area contributed by atoms with Gasteiger partial charge in [-0.05, 0) is 146 Å². The molecule has 0 aliphatic rings. The summed E-state index contributed by atoms with van der Waals surface area (Å²) in [6.45, 7) is 20.0. The molecule has 200 valence electrons. The van der Waals surface area contributed by atoms with E-state index in [9.17, 15) is 9.90 Å². The maximum absolute atomic E-state index is 12.5. The van der Waals surface area contributed by atoms with Gasteiger partial charge in [-0.25, -0.2) is 0 Å². The number of hydrogen-bond acceptors (Lipinski definition) is 4. The minimum absolute atomic E-state index is 0.481. The van der Waals surface area contributed by atoms with E-state index < -0.39 is 36.8 Å². The fraction of sp³-hybridized carbons (Fsp3) is 0.458. The molecule has 5 nitrogen and oxygen atoms in total. The Labute approximate surface area is 273 Å². The summed E-state index contributed by atoms with van der Waals surface area (Å²) in [5.74, 6) is 1.75. The quantitative estimate of drug-likeness (QED) is 0.190. The molecule has 0 spiro atoms. The molecular weight excluding hydrogens is 958 g/mol. The molecule has 0 aliphatic carbocycles. The molecule has 2 aromatic rings. The van der Waals surface area contributed by atoms with Gasteiger partial charge in [0.2, 0.25) is 8.32 Å². The van der Waals surface area contributed by atoms with Crippen LogP contribution in [0.2, 0.25) is 58.9 Å². The van der Waals surface area contributed by atoms with Crippen LogP contribution < -0.4 is 9.16 Å². The lowest BCUT2D eigenvalue weighted by Crippen LogP contribution is -2.65. The van der Waals surface area contributed by atoms with Crippen molar-refractivity contribution in [3.8, 4) is 17.2 Å². The molecule has 2 rings (SSSR count). The van der Waals surface area contributed by atoms with E-state index in [0.717, 1.165) is 37.1 Å². The van der Waals surface area contributed by atoms with Gasteiger partial charge in [-0.15, -0.1) is 0 Å². The first-order valence-electron chi connectivity index (χ1n) is 11.6. The third-order valence-corrected chi connectivity index (χ3v) is 16.7. The van der Waals surface area contributed by atoms with Crippen LogP contribution in [-0.4, -0.2) is 46.1 Å². The molecule has 1 atom stereocenters. The third kappa shape index (κ3) is 9.31. The Bertz CT molecular complexity index is 1070. The highest BCUT2D eigenvalue weighted by atomic mass is 127. The van der Waals surface area contributed by atoms with Gasteiger partial charge < -0.3 is 18.5 Å². The average Bonchev–Trinajstić information content (AvgIpc) is 2.64. The topological polar surface area (TPSA) is 59.0 Å². The van der Waals surface area contributed by atoms with Crippen molar-refractivity contribution >= 4 is 121 Å². The van der Waals surface area contributed by atoms with Crippen molar-refractivity contribution in [2.24, 2.45) is 0 Å². The van der Waals surface area contributed by atoms with Crippen LogP contribution in [0.1, 0.15) is 5.56 Å². The first kappa shape index (κ1) is 33.2. The highest BCUT2D eigenvalue weighted by Crippen LogP contribution is 2.38. The van der Waals surface area contributed by atoms with Crippen molar-refractivity contribution in [2.75, 3.05) is 0 Å². The van der Waals surface area contributed by atoms with Gasteiger partial charge in [0.05, 0.1) is 14.3 Å². The number of carboxylic acids is 1. The molecule has 0 aromatic heterocycles. The first-order valence-corrected chi connectivity index (χ1v) is 26.2. The van der Waals surface area contributed by atoms with Crippen molar-refractivity contribution in [1.82, 2.24) is 4.23 Å². The summed E-state index contributed by atoms with van der Waals surface area (Å²) in [7, 11) is -5.41. The van der Waals surface area contributed by atoms with E-state index in [-0.39, 0.29) is 0 Å². The molecule has 12 heteroatoms. The van der Waals surface area contributed by atoms with Gasteiger partial charge in [0.25, 0.3) is 0 Å². The van der Waals surface area contributed by atoms with Crippen molar-refractivity contribution in [3.63, 3.8) is 0 Å². The number of carbonyl (C=O) groups is 1. The lowest BCUT2D eigenvalue weighted by atomic mass is 10.1. The number of rotatable bonds is 10. The number of carboxylic acid groups (broad SMARTS) is 1. The monoisotopic (exact) mass is 993 g/mol. The molecule has 2 aromatic carbocycles. The average molecular weight is 993 g/mol. The molecule has 0 fully saturated rings. The van der Waals surface area contributed by atoms with Gasteiger partial charge >= 0.3 is 5.97 Å². The van der Waals surface area contributed by atoms with E-state index in [1.807, 2.05) is 12.1 Å². The molecule has 36 heavy (non-hydrogen) atoms. The number of benzene rings is 2. The summed E-state index contributed by atoms with van der Waals surface area (Å²) in [6, 6.07) is 7.64. The van der Waals surface area contributed by atoms with Crippen molar-refractivity contribution < 1.29 is 19.1 Å². The van der Waals surface area contributed by atoms with E-state index in [1.165, 1.54) is 0 Å². The second-order valence-electron chi connectivity index (χ2n) is 11.7. The molecular formula is C24H35I4NO4Si3. The summed E-state index contributed by atoms with van der Waals surface area (Å²) in [5.41, 5.74) is 1.02. The lowest BCUT2D eigenvalue weighted by molar-refractivity contribution is -0.140. The zero-order valence-corrected chi connectivity index (χ0v) is 33.9. The molecule has 0 aliphatic heterocycles. The normalized spacial score (nSPS) is 13.6. The molecule has 1 N–H and O–H groups in total. The van der Waals surface area contributed by atoms with Gasteiger partial charge in [-0.1, -0.05) is 39.3 Å². The summed E-state index contributed by atoms with van der Waals surface area (Å²) >= 11 is 9.22. The van der Waals surface area contributed by atoms with E-state index in [4.69, 9.17) is 9.16 Å². The van der Waals surface area contributed by atoms with Crippen LogP contribution in [0.3, 0.4) is 0 Å². The minimum atomic E-state index is -1.84. The Morgan fingerprint density at radius 2 is 1.22 bits per heavy atom. The number of halogens is 4. The van der Waals surface area contributed by atoms with E-state index in [1.54, 1.807) is 0 Å². The Morgan fingerprint density at radius 3 is 1.58 bits per heavy atom. The Morgan fingerprint density at radius 1 is 0.806 bits per heavy atom. The predicted octanol–water partition coefficient (Wildman–Crippen LogP) is 9.08. The predicted molar refractivity (Wildman–Crippen MR) is 191 cm³/mol. The maximum Gasteiger partial charge on any atom is 0.319 e. The van der Waals surface area contributed by atoms with Crippen LogP contribution in [0, 0.1) is 14.3 Å². The number of aliphatic carboxylic acids is 1. The Kier molecular flexibility index (Phi) is 11.7. The molecule has 0 amide bonds. The van der Waals surface area contributed by atoms with Gasteiger partial charge in [0, 0.05) is 0 Å². The number of nitrogens with zero attached hydrogens (tertiary/aromatic N) is 1. The van der Waals surface area contributed by atoms with Gasteiger partial charge in [-0.2, -0.15) is 0 Å². The molecule has 0 saturated carbocycles. The summed E-state index contributed by atoms with van der Waals surface area (Å²) in [5, 5.41) is 10.2. The SMILES string of the molecule is C[Si](C)(C)Oc1c(I)cc(Oc2c(I)cc(C[C@@H](C(=O)O)N([Si](C)(C)C)[Si](C)(C)C)cc2I)cc1I. The smallest absolute Gasteiger partial charge is 0.319 e. The molecule has 0 saturated heterocycles. The second kappa shape index (κ2) is 12.7. The Balaban J connectivity index is 2.39. The van der Waals surface area contributed by atoms with Gasteiger partial charge in [0.15, 0.2) is 5.75 Å². The largest absolute Gasteiger partial charge is 0.543 e. The lowest BCUT2D eigenvalue weighted by Gasteiger charge is -2.47.